The number of H-pyrrole nitrogens is 1. The second-order valence-electron chi connectivity index (χ2n) is 8.24. The zero-order chi connectivity index (χ0) is 24.1. The second kappa shape index (κ2) is 10.1. The first-order chi connectivity index (χ1) is 16.4. The molecule has 1 fully saturated rings. The van der Waals surface area contributed by atoms with Gasteiger partial charge in [0.25, 0.3) is 11.8 Å². The molecule has 0 atom stereocenters. The number of carbonyl (C=O) groups excluding carboxylic acids is 2. The van der Waals surface area contributed by atoms with Crippen molar-refractivity contribution >= 4 is 40.6 Å². The molecule has 174 valence electrons. The van der Waals surface area contributed by atoms with E-state index in [-0.39, 0.29) is 23.4 Å². The number of nitrogens with one attached hydrogen (secondary N) is 4. The summed E-state index contributed by atoms with van der Waals surface area (Å²) in [6.45, 7) is 6.43. The van der Waals surface area contributed by atoms with Gasteiger partial charge in [-0.25, -0.2) is 9.97 Å². The molecular formula is C24H26N8O2. The Morgan fingerprint density at radius 2 is 1.94 bits per heavy atom. The lowest BCUT2D eigenvalue weighted by atomic mass is 10.1. The fraction of sp³-hybridized carbons (Fsp3) is 0.292. The fourth-order valence-corrected chi connectivity index (χ4v) is 3.62. The lowest BCUT2D eigenvalue weighted by Crippen LogP contribution is -2.46. The number of hydrogen-bond acceptors (Lipinski definition) is 7. The molecule has 1 aromatic carbocycles. The molecule has 4 N–H and O–H groups in total. The number of hydrogen-bond donors (Lipinski definition) is 4. The molecule has 0 unspecified atom stereocenters. The van der Waals surface area contributed by atoms with Gasteiger partial charge < -0.3 is 25.8 Å². The smallest absolute Gasteiger partial charge is 0.264 e. The van der Waals surface area contributed by atoms with Crippen LogP contribution in [0.25, 0.3) is 17.2 Å². The highest BCUT2D eigenvalue weighted by Gasteiger charge is 2.20. The summed E-state index contributed by atoms with van der Waals surface area (Å²) in [5.74, 6) is 0.0201. The van der Waals surface area contributed by atoms with Crippen molar-refractivity contribution in [3.8, 4) is 6.07 Å². The zero-order valence-electron chi connectivity index (χ0n) is 19.1. The molecule has 0 saturated carbocycles. The molecule has 4 rings (SSSR count). The molecule has 1 saturated heterocycles. The van der Waals surface area contributed by atoms with Crippen LogP contribution in [0.3, 0.4) is 0 Å². The van der Waals surface area contributed by atoms with Crippen molar-refractivity contribution in [2.75, 3.05) is 31.5 Å². The number of nitrogens with zero attached hydrogens (tertiary/aromatic N) is 4. The summed E-state index contributed by atoms with van der Waals surface area (Å²) in [6, 6.07) is 9.31. The number of carbonyl (C=O) groups is 2. The normalized spacial score (nSPS) is 14.2. The quantitative estimate of drug-likeness (QED) is 0.328. The Kier molecular flexibility index (Phi) is 6.85. The predicted octanol–water partition coefficient (Wildman–Crippen LogP) is 2.18. The maximum atomic E-state index is 12.6. The van der Waals surface area contributed by atoms with E-state index in [2.05, 4.69) is 30.9 Å². The van der Waals surface area contributed by atoms with E-state index in [0.717, 1.165) is 24.3 Å². The Labute approximate surface area is 197 Å². The summed E-state index contributed by atoms with van der Waals surface area (Å²) in [4.78, 5) is 38.6. The molecule has 0 spiro atoms. The molecule has 1 aliphatic rings. The van der Waals surface area contributed by atoms with Crippen LogP contribution in [0, 0.1) is 11.3 Å². The highest BCUT2D eigenvalue weighted by atomic mass is 16.2. The summed E-state index contributed by atoms with van der Waals surface area (Å²) < 4.78 is 0. The van der Waals surface area contributed by atoms with Gasteiger partial charge in [-0.2, -0.15) is 5.26 Å². The van der Waals surface area contributed by atoms with Crippen molar-refractivity contribution in [2.45, 2.75) is 19.9 Å². The maximum Gasteiger partial charge on any atom is 0.264 e. The Morgan fingerprint density at radius 1 is 1.21 bits per heavy atom. The summed E-state index contributed by atoms with van der Waals surface area (Å²) in [5, 5.41) is 18.7. The third-order valence-electron chi connectivity index (χ3n) is 5.29. The van der Waals surface area contributed by atoms with Gasteiger partial charge in [-0.1, -0.05) is 12.1 Å². The number of fused-ring (bicyclic) bond motifs is 1. The first kappa shape index (κ1) is 22.9. The van der Waals surface area contributed by atoms with Crippen LogP contribution in [0.2, 0.25) is 0 Å². The second-order valence-corrected chi connectivity index (χ2v) is 8.24. The predicted molar refractivity (Wildman–Crippen MR) is 129 cm³/mol. The molecule has 0 aliphatic carbocycles. The largest absolute Gasteiger partial charge is 0.350 e. The van der Waals surface area contributed by atoms with Crippen LogP contribution >= 0.6 is 0 Å². The Hall–Kier alpha value is -4.23. The summed E-state index contributed by atoms with van der Waals surface area (Å²) >= 11 is 0. The third-order valence-corrected chi connectivity index (χ3v) is 5.29. The van der Waals surface area contributed by atoms with Crippen LogP contribution < -0.4 is 16.0 Å². The van der Waals surface area contributed by atoms with Crippen LogP contribution in [0.1, 0.15) is 29.8 Å². The molecule has 3 aromatic rings. The minimum Gasteiger partial charge on any atom is -0.350 e. The van der Waals surface area contributed by atoms with Crippen LogP contribution in [-0.4, -0.2) is 63.9 Å². The van der Waals surface area contributed by atoms with Crippen molar-refractivity contribution in [3.63, 3.8) is 0 Å². The van der Waals surface area contributed by atoms with Crippen molar-refractivity contribution in [3.05, 3.63) is 53.4 Å². The van der Waals surface area contributed by atoms with Crippen molar-refractivity contribution in [2.24, 2.45) is 0 Å². The van der Waals surface area contributed by atoms with Crippen molar-refractivity contribution < 1.29 is 9.59 Å². The third kappa shape index (κ3) is 5.22. The number of aromatic nitrogens is 3. The zero-order valence-corrected chi connectivity index (χ0v) is 19.1. The van der Waals surface area contributed by atoms with E-state index in [1.165, 1.54) is 0 Å². The van der Waals surface area contributed by atoms with E-state index < -0.39 is 0 Å². The number of rotatable bonds is 6. The van der Waals surface area contributed by atoms with Crippen molar-refractivity contribution in [1.29, 1.82) is 5.26 Å². The van der Waals surface area contributed by atoms with Gasteiger partial charge in [0.1, 0.15) is 23.0 Å². The molecule has 10 nitrogen and oxygen atoms in total. The van der Waals surface area contributed by atoms with E-state index in [1.807, 2.05) is 44.2 Å². The van der Waals surface area contributed by atoms with Gasteiger partial charge >= 0.3 is 0 Å². The lowest BCUT2D eigenvalue weighted by molar-refractivity contribution is -0.127. The minimum absolute atomic E-state index is 0.00739. The highest BCUT2D eigenvalue weighted by Crippen LogP contribution is 2.20. The van der Waals surface area contributed by atoms with E-state index >= 15 is 0 Å². The van der Waals surface area contributed by atoms with E-state index in [4.69, 9.17) is 0 Å². The van der Waals surface area contributed by atoms with Crippen molar-refractivity contribution in [1.82, 2.24) is 30.5 Å². The first-order valence-corrected chi connectivity index (χ1v) is 11.1. The Balaban J connectivity index is 1.49. The summed E-state index contributed by atoms with van der Waals surface area (Å²) in [6.07, 6.45) is 4.78. The van der Waals surface area contributed by atoms with Crippen LogP contribution in [0.5, 0.6) is 0 Å². The first-order valence-electron chi connectivity index (χ1n) is 11.1. The van der Waals surface area contributed by atoms with E-state index in [0.29, 0.717) is 35.6 Å². The standard InChI is InChI=1S/C24H26N8O2/c1-15(2)29-23(33)19-13-27-22-21(19)31-20(14-28-22)30-18-5-3-16(4-6-18)11-17(12-25)24(34)32-9-7-26-8-10-32/h3-6,11,13-15,26H,7-10H2,1-2H3,(H,27,28)(H,29,33)(H,30,31)/b17-11+. The number of amides is 2. The number of aromatic amines is 1. The van der Waals surface area contributed by atoms with E-state index in [9.17, 15) is 14.9 Å². The van der Waals surface area contributed by atoms with Crippen LogP contribution in [-0.2, 0) is 4.79 Å². The Morgan fingerprint density at radius 3 is 2.62 bits per heavy atom. The molecule has 0 radical (unpaired) electrons. The summed E-state index contributed by atoms with van der Waals surface area (Å²) in [5.41, 5.74) is 3.04. The average Bonchev–Trinajstić information content (AvgIpc) is 3.27. The SMILES string of the molecule is CC(C)NC(=O)c1c[nH]c2ncc(Nc3ccc(/C=C(\C#N)C(=O)N4CCNCC4)cc3)nc12. The van der Waals surface area contributed by atoms with Crippen LogP contribution in [0.4, 0.5) is 11.5 Å². The Bertz CT molecular complexity index is 1260. The van der Waals surface area contributed by atoms with Gasteiger partial charge in [0.05, 0.1) is 11.8 Å². The van der Waals surface area contributed by atoms with Gasteiger partial charge in [0, 0.05) is 44.1 Å². The molecule has 10 heteroatoms. The van der Waals surface area contributed by atoms with E-state index in [1.54, 1.807) is 23.4 Å². The fourth-order valence-electron chi connectivity index (χ4n) is 3.62. The topological polar surface area (TPSA) is 139 Å². The number of benzene rings is 1. The molecule has 1 aliphatic heterocycles. The molecule has 34 heavy (non-hydrogen) atoms. The summed E-state index contributed by atoms with van der Waals surface area (Å²) in [7, 11) is 0. The molecule has 0 bridgehead atoms. The molecule has 2 aromatic heterocycles. The van der Waals surface area contributed by atoms with Gasteiger partial charge in [0.15, 0.2) is 5.65 Å². The van der Waals surface area contributed by atoms with Gasteiger partial charge in [-0.15, -0.1) is 0 Å². The monoisotopic (exact) mass is 458 g/mol. The maximum absolute atomic E-state index is 12.6. The lowest BCUT2D eigenvalue weighted by Gasteiger charge is -2.27. The van der Waals surface area contributed by atoms with Gasteiger partial charge in [-0.3, -0.25) is 9.59 Å². The number of piperazine rings is 1. The average molecular weight is 459 g/mol. The number of anilines is 2. The molecular weight excluding hydrogens is 432 g/mol. The molecule has 3 heterocycles. The number of nitriles is 1. The van der Waals surface area contributed by atoms with Crippen LogP contribution in [0.15, 0.2) is 42.2 Å². The van der Waals surface area contributed by atoms with Gasteiger partial charge in [-0.05, 0) is 37.6 Å². The highest BCUT2D eigenvalue weighted by molar-refractivity contribution is 6.05. The minimum atomic E-state index is -0.251. The molecule has 2 amide bonds. The van der Waals surface area contributed by atoms with Gasteiger partial charge in [0.2, 0.25) is 0 Å².